The number of benzene rings is 8. The first-order chi connectivity index (χ1) is 37.6. The van der Waals surface area contributed by atoms with Crippen molar-refractivity contribution in [2.45, 2.75) is 104 Å². The molecule has 6 heteroatoms. The SMILES string of the molecule is [2H]C([2H])([2H])c1cc(-n2c3ccccc3c3ccc(Oc4ccc5c(c4)C(n4[c](=[Pt])n(-c6c(-c7ccccc7)cccc6-c6cc(C(C)(C)C)cc(C(C)(C)C)c6)c6ccccc64)CC5)cc32)ncc1-c1ccc(C(C)(C)C)cc1. The first kappa shape index (κ1) is 46.0. The number of hydrogen-bond acceptors (Lipinski definition) is 2. The van der Waals surface area contributed by atoms with Crippen LogP contribution in [0.5, 0.6) is 11.5 Å². The van der Waals surface area contributed by atoms with Crippen LogP contribution < -0.4 is 4.74 Å². The van der Waals surface area contributed by atoms with Gasteiger partial charge in [0.15, 0.2) is 0 Å². The van der Waals surface area contributed by atoms with Crippen LogP contribution in [0, 0.1) is 10.7 Å². The van der Waals surface area contributed by atoms with E-state index >= 15 is 0 Å². The number of ether oxygens (including phenoxy) is 1. The van der Waals surface area contributed by atoms with Gasteiger partial charge in [0.2, 0.25) is 0 Å². The van der Waals surface area contributed by atoms with Gasteiger partial charge < -0.3 is 0 Å². The Morgan fingerprint density at radius 2 is 1.12 bits per heavy atom. The van der Waals surface area contributed by atoms with E-state index < -0.39 is 6.85 Å². The van der Waals surface area contributed by atoms with Crippen molar-refractivity contribution in [3.8, 4) is 56.4 Å². The largest absolute Gasteiger partial charge is 0.238 e. The molecule has 3 heterocycles. The predicted octanol–water partition coefficient (Wildman–Crippen LogP) is 18.5. The summed E-state index contributed by atoms with van der Waals surface area (Å²) < 4.78 is 41.4. The number of aryl methyl sites for hydroxylation is 2. The van der Waals surface area contributed by atoms with Gasteiger partial charge in [-0.3, -0.25) is 0 Å². The molecule has 1 atom stereocenters. The Hall–Kier alpha value is -7.33. The summed E-state index contributed by atoms with van der Waals surface area (Å²) in [5, 5.41) is 2.06. The standard InChI is InChI=1S/C70H66N4O.Pt/c1-45-37-66(71-43-60(45)48-27-31-50(32-28-48)68(2,3)4)74-62-24-15-14-21-57(62)58-35-34-54(42-65(58)74)75-53-33-29-47-30-36-61(59(47)41-53)72-44-73(64-26-17-16-25-63(64)72)67-55(46-19-12-11-13-20-46)22-18-23-56(67)49-38-51(69(5,6)7)40-52(39-49)70(8,9)10;/h11-29,31-35,37-43,61H,30,36H2,1-10H3;/i1D3;. The summed E-state index contributed by atoms with van der Waals surface area (Å²) in [5.74, 6) is 1.95. The van der Waals surface area contributed by atoms with Crippen molar-refractivity contribution in [3.05, 3.63) is 225 Å². The monoisotopic (exact) mass is 1180 g/mol. The Morgan fingerprint density at radius 3 is 1.82 bits per heavy atom. The molecule has 76 heavy (non-hydrogen) atoms. The summed E-state index contributed by atoms with van der Waals surface area (Å²) in [5.41, 5.74) is 18.0. The van der Waals surface area contributed by atoms with Crippen molar-refractivity contribution < 1.29 is 28.2 Å². The Balaban J connectivity index is 0.958. The van der Waals surface area contributed by atoms with Crippen LogP contribution in [-0.2, 0) is 42.0 Å². The summed E-state index contributed by atoms with van der Waals surface area (Å²) in [6.07, 6.45) is 3.61. The third-order valence-corrected chi connectivity index (χ3v) is 16.6. The van der Waals surface area contributed by atoms with Crippen LogP contribution in [0.3, 0.4) is 0 Å². The molecule has 0 radical (unpaired) electrons. The Labute approximate surface area is 463 Å². The van der Waals surface area contributed by atoms with E-state index in [0.29, 0.717) is 17.1 Å². The van der Waals surface area contributed by atoms with Crippen molar-refractivity contribution in [3.63, 3.8) is 0 Å². The number of rotatable bonds is 8. The zero-order valence-electron chi connectivity index (χ0n) is 47.9. The van der Waals surface area contributed by atoms with Crippen molar-refractivity contribution in [1.29, 1.82) is 0 Å². The van der Waals surface area contributed by atoms with Crippen molar-refractivity contribution in [2.75, 3.05) is 0 Å². The smallest absolute Gasteiger partial charge is 0.0374 e. The molecule has 0 fully saturated rings. The van der Waals surface area contributed by atoms with Crippen LogP contribution in [0.25, 0.3) is 77.7 Å². The second kappa shape index (κ2) is 18.7. The van der Waals surface area contributed by atoms with E-state index in [2.05, 4.69) is 241 Å². The molecule has 3 aromatic heterocycles. The molecular weight excluding hydrogens is 1110 g/mol. The molecule has 5 nitrogen and oxygen atoms in total. The van der Waals surface area contributed by atoms with Crippen LogP contribution in [0.1, 0.15) is 112 Å². The summed E-state index contributed by atoms with van der Waals surface area (Å²) in [4.78, 5) is 5.01. The molecule has 11 aromatic rings. The molecule has 0 N–H and O–H groups in total. The summed E-state index contributed by atoms with van der Waals surface area (Å²) >= 11 is 2.59. The van der Waals surface area contributed by atoms with Gasteiger partial charge in [-0.05, 0) is 41.1 Å². The van der Waals surface area contributed by atoms with E-state index in [1.807, 2.05) is 30.3 Å². The summed E-state index contributed by atoms with van der Waals surface area (Å²) in [6, 6.07) is 64.7. The molecule has 0 amide bonds. The first-order valence-electron chi connectivity index (χ1n) is 28.1. The van der Waals surface area contributed by atoms with E-state index in [1.165, 1.54) is 55.6 Å². The number of aromatic nitrogens is 4. The van der Waals surface area contributed by atoms with Gasteiger partial charge in [-0.25, -0.2) is 4.98 Å². The maximum atomic E-state index is 8.73. The van der Waals surface area contributed by atoms with E-state index in [1.54, 1.807) is 12.3 Å². The first-order valence-corrected chi connectivity index (χ1v) is 27.7. The minimum atomic E-state index is -2.38. The Morgan fingerprint density at radius 1 is 0.513 bits per heavy atom. The van der Waals surface area contributed by atoms with Crippen molar-refractivity contribution in [1.82, 2.24) is 18.7 Å². The molecule has 0 saturated heterocycles. The van der Waals surface area contributed by atoms with E-state index in [9.17, 15) is 0 Å². The molecule has 8 aromatic carbocycles. The normalized spacial score (nSPS) is 14.8. The van der Waals surface area contributed by atoms with Gasteiger partial charge in [0.05, 0.1) is 0 Å². The molecule has 0 aliphatic heterocycles. The quantitative estimate of drug-likeness (QED) is 0.152. The van der Waals surface area contributed by atoms with Gasteiger partial charge in [0, 0.05) is 15.9 Å². The van der Waals surface area contributed by atoms with Gasteiger partial charge in [0.1, 0.15) is 0 Å². The van der Waals surface area contributed by atoms with E-state index in [-0.39, 0.29) is 27.9 Å². The van der Waals surface area contributed by atoms with Crippen LogP contribution >= 0.6 is 0 Å². The third kappa shape index (κ3) is 8.81. The number of hydrogen-bond donors (Lipinski definition) is 0. The number of fused-ring (bicyclic) bond motifs is 5. The topological polar surface area (TPSA) is 36.9 Å². The van der Waals surface area contributed by atoms with E-state index in [4.69, 9.17) is 13.8 Å². The molecule has 1 aliphatic rings. The van der Waals surface area contributed by atoms with E-state index in [0.717, 1.165) is 61.0 Å². The fourth-order valence-corrected chi connectivity index (χ4v) is 12.5. The van der Waals surface area contributed by atoms with Crippen LogP contribution in [0.4, 0.5) is 0 Å². The Bertz CT molecular complexity index is 4200. The minimum Gasteiger partial charge on any atom is -0.238 e. The van der Waals surface area contributed by atoms with Crippen LogP contribution in [-0.4, -0.2) is 18.7 Å². The number of nitrogens with zero attached hydrogens (tertiary/aromatic N) is 4. The number of imidazole rings is 1. The van der Waals surface area contributed by atoms with Gasteiger partial charge in [-0.2, -0.15) is 0 Å². The summed E-state index contributed by atoms with van der Waals surface area (Å²) in [6.45, 7) is 18.0. The average Bonchev–Trinajstić information content (AvgIpc) is 4.14. The molecular formula is C70H66N4OPt. The van der Waals surface area contributed by atoms with Gasteiger partial charge in [-0.1, -0.05) is 63.2 Å². The van der Waals surface area contributed by atoms with Crippen LogP contribution in [0.2, 0.25) is 0 Å². The third-order valence-electron chi connectivity index (χ3n) is 15.6. The zero-order valence-corrected chi connectivity index (χ0v) is 47.2. The maximum absolute atomic E-state index is 8.73. The molecule has 382 valence electrons. The number of para-hydroxylation sites is 4. The molecule has 0 spiro atoms. The molecule has 0 saturated carbocycles. The molecule has 1 unspecified atom stereocenters. The molecule has 0 bridgehead atoms. The summed E-state index contributed by atoms with van der Waals surface area (Å²) in [7, 11) is 0. The molecule has 12 rings (SSSR count). The average molecular weight is 1180 g/mol. The van der Waals surface area contributed by atoms with Gasteiger partial charge in [-0.15, -0.1) is 0 Å². The fraction of sp³-hybridized carbons (Fsp3) is 0.229. The second-order valence-corrected chi connectivity index (χ2v) is 24.8. The number of pyridine rings is 1. The van der Waals surface area contributed by atoms with Crippen LogP contribution in [0.15, 0.2) is 188 Å². The van der Waals surface area contributed by atoms with Gasteiger partial charge >= 0.3 is 341 Å². The Kier molecular flexibility index (Phi) is 11.3. The maximum Gasteiger partial charge on any atom is 0.0374 e. The van der Waals surface area contributed by atoms with Crippen molar-refractivity contribution in [2.24, 2.45) is 0 Å². The zero-order chi connectivity index (χ0) is 55.3. The molecule has 1 aliphatic carbocycles. The van der Waals surface area contributed by atoms with Gasteiger partial charge in [0.25, 0.3) is 0 Å². The minimum absolute atomic E-state index is 0.0311. The second-order valence-electron chi connectivity index (χ2n) is 23.8. The van der Waals surface area contributed by atoms with Crippen molar-refractivity contribution >= 4 is 32.8 Å². The fourth-order valence-electron chi connectivity index (χ4n) is 11.4. The predicted molar refractivity (Wildman–Crippen MR) is 313 cm³/mol.